The van der Waals surface area contributed by atoms with E-state index in [-0.39, 0.29) is 17.4 Å². The third-order valence-corrected chi connectivity index (χ3v) is 4.83. The van der Waals surface area contributed by atoms with Crippen LogP contribution in [-0.2, 0) is 0 Å². The quantitative estimate of drug-likeness (QED) is 0.905. The van der Waals surface area contributed by atoms with E-state index in [0.717, 1.165) is 18.8 Å². The first kappa shape index (κ1) is 17.8. The molecule has 0 bridgehead atoms. The van der Waals surface area contributed by atoms with Gasteiger partial charge in [-0.25, -0.2) is 9.50 Å². The average Bonchev–Trinajstić information content (AvgIpc) is 2.97. The van der Waals surface area contributed by atoms with Gasteiger partial charge in [-0.2, -0.15) is 5.10 Å². The van der Waals surface area contributed by atoms with E-state index in [2.05, 4.69) is 15.0 Å². The highest BCUT2D eigenvalue weighted by Crippen LogP contribution is 2.21. The van der Waals surface area contributed by atoms with Crippen LogP contribution in [0.25, 0.3) is 5.65 Å². The van der Waals surface area contributed by atoms with Crippen LogP contribution >= 0.6 is 0 Å². The molecule has 0 spiro atoms. The number of amides is 1. The molecule has 3 rings (SSSR count). The molecule has 25 heavy (non-hydrogen) atoms. The molecule has 3 heterocycles. The highest BCUT2D eigenvalue weighted by Gasteiger charge is 2.28. The van der Waals surface area contributed by atoms with Crippen LogP contribution in [0.5, 0.6) is 0 Å². The topological polar surface area (TPSA) is 74.0 Å². The number of β-amino-alcohol motifs (C(OH)–C–C–N with tert-alkyl or cyclic N) is 1. The summed E-state index contributed by atoms with van der Waals surface area (Å²) in [4.78, 5) is 21.3. The number of fused-ring (bicyclic) bond motifs is 1. The fourth-order valence-corrected chi connectivity index (χ4v) is 2.93. The number of nitrogens with zero attached hydrogens (tertiary/aromatic N) is 5. The standard InChI is InChI=1S/C18H27N5O2/c1-13-5-6-23-16(20-13)14(11-19-23)17(25)22-9-7-21(8-10-22)12-15(24)18(2,3)4/h5-6,11,15,24H,7-10,12H2,1-4H3. The number of aliphatic hydroxyl groups excluding tert-OH is 1. The number of aliphatic hydroxyl groups is 1. The number of rotatable bonds is 3. The van der Waals surface area contributed by atoms with E-state index in [4.69, 9.17) is 0 Å². The van der Waals surface area contributed by atoms with Crippen LogP contribution in [-0.4, -0.2) is 74.2 Å². The summed E-state index contributed by atoms with van der Waals surface area (Å²) in [7, 11) is 0. The van der Waals surface area contributed by atoms with Gasteiger partial charge in [0.2, 0.25) is 0 Å². The van der Waals surface area contributed by atoms with Crippen molar-refractivity contribution in [3.05, 3.63) is 29.7 Å². The third-order valence-electron chi connectivity index (χ3n) is 4.83. The zero-order valence-electron chi connectivity index (χ0n) is 15.4. The molecule has 2 aromatic rings. The Balaban J connectivity index is 1.64. The van der Waals surface area contributed by atoms with E-state index in [1.165, 1.54) is 0 Å². The van der Waals surface area contributed by atoms with Crippen LogP contribution in [0.4, 0.5) is 0 Å². The van der Waals surface area contributed by atoms with E-state index in [1.807, 2.05) is 44.9 Å². The van der Waals surface area contributed by atoms with Crippen molar-refractivity contribution in [1.82, 2.24) is 24.4 Å². The molecule has 1 aliphatic heterocycles. The Labute approximate surface area is 148 Å². The molecule has 0 radical (unpaired) electrons. The number of aryl methyl sites for hydroxylation is 1. The van der Waals surface area contributed by atoms with Gasteiger partial charge in [-0.3, -0.25) is 9.69 Å². The lowest BCUT2D eigenvalue weighted by Crippen LogP contribution is -2.51. The lowest BCUT2D eigenvalue weighted by atomic mass is 9.89. The van der Waals surface area contributed by atoms with Crippen molar-refractivity contribution >= 4 is 11.6 Å². The predicted molar refractivity (Wildman–Crippen MR) is 95.5 cm³/mol. The van der Waals surface area contributed by atoms with Gasteiger partial charge in [0.1, 0.15) is 5.56 Å². The van der Waals surface area contributed by atoms with Gasteiger partial charge in [0, 0.05) is 44.6 Å². The van der Waals surface area contributed by atoms with Gasteiger partial charge in [-0.15, -0.1) is 0 Å². The molecule has 1 saturated heterocycles. The molecule has 0 aromatic carbocycles. The highest BCUT2D eigenvalue weighted by molar-refractivity contribution is 5.99. The summed E-state index contributed by atoms with van der Waals surface area (Å²) in [5.41, 5.74) is 1.89. The smallest absolute Gasteiger partial charge is 0.259 e. The minimum Gasteiger partial charge on any atom is -0.391 e. The van der Waals surface area contributed by atoms with Crippen LogP contribution in [0.2, 0.25) is 0 Å². The summed E-state index contributed by atoms with van der Waals surface area (Å²) in [5, 5.41) is 14.5. The van der Waals surface area contributed by atoms with E-state index in [9.17, 15) is 9.90 Å². The van der Waals surface area contributed by atoms with Crippen LogP contribution in [0.3, 0.4) is 0 Å². The molecule has 136 valence electrons. The van der Waals surface area contributed by atoms with Crippen molar-refractivity contribution in [2.45, 2.75) is 33.8 Å². The second-order valence-electron chi connectivity index (χ2n) is 7.87. The molecular weight excluding hydrogens is 318 g/mol. The summed E-state index contributed by atoms with van der Waals surface area (Å²) >= 11 is 0. The monoisotopic (exact) mass is 345 g/mol. The summed E-state index contributed by atoms with van der Waals surface area (Å²) in [6, 6.07) is 1.87. The van der Waals surface area contributed by atoms with Gasteiger partial charge in [0.05, 0.1) is 12.3 Å². The molecular formula is C18H27N5O2. The largest absolute Gasteiger partial charge is 0.391 e. The van der Waals surface area contributed by atoms with Crippen LogP contribution in [0, 0.1) is 12.3 Å². The molecule has 1 unspecified atom stereocenters. The zero-order chi connectivity index (χ0) is 18.2. The molecule has 7 heteroatoms. The Morgan fingerprint density at radius 3 is 2.60 bits per heavy atom. The number of hydrogen-bond donors (Lipinski definition) is 1. The van der Waals surface area contributed by atoms with Gasteiger partial charge < -0.3 is 10.0 Å². The summed E-state index contributed by atoms with van der Waals surface area (Å²) in [5.74, 6) is -0.0240. The molecule has 0 aliphatic carbocycles. The van der Waals surface area contributed by atoms with Crippen LogP contribution < -0.4 is 0 Å². The molecule has 1 amide bonds. The third kappa shape index (κ3) is 3.82. The number of hydrogen-bond acceptors (Lipinski definition) is 5. The predicted octanol–water partition coefficient (Wildman–Crippen LogP) is 1.20. The zero-order valence-corrected chi connectivity index (χ0v) is 15.4. The van der Waals surface area contributed by atoms with Crippen LogP contribution in [0.1, 0.15) is 36.8 Å². The van der Waals surface area contributed by atoms with Crippen molar-refractivity contribution in [1.29, 1.82) is 0 Å². The van der Waals surface area contributed by atoms with Crippen molar-refractivity contribution in [2.24, 2.45) is 5.41 Å². The molecule has 7 nitrogen and oxygen atoms in total. The first-order valence-corrected chi connectivity index (χ1v) is 8.76. The Morgan fingerprint density at radius 2 is 1.96 bits per heavy atom. The lowest BCUT2D eigenvalue weighted by molar-refractivity contribution is 0.0137. The van der Waals surface area contributed by atoms with E-state index in [1.54, 1.807) is 10.7 Å². The number of piperazine rings is 1. The van der Waals surface area contributed by atoms with Gasteiger partial charge in [0.25, 0.3) is 5.91 Å². The summed E-state index contributed by atoms with van der Waals surface area (Å²) in [6.45, 7) is 11.5. The van der Waals surface area contributed by atoms with Crippen molar-refractivity contribution in [2.75, 3.05) is 32.7 Å². The number of carbonyl (C=O) groups is 1. The lowest BCUT2D eigenvalue weighted by Gasteiger charge is -2.37. The number of carbonyl (C=O) groups excluding carboxylic acids is 1. The second kappa shape index (κ2) is 6.72. The van der Waals surface area contributed by atoms with Crippen molar-refractivity contribution in [3.63, 3.8) is 0 Å². The first-order chi connectivity index (χ1) is 11.8. The van der Waals surface area contributed by atoms with Gasteiger partial charge in [-0.05, 0) is 18.4 Å². The molecule has 1 aliphatic rings. The van der Waals surface area contributed by atoms with E-state index >= 15 is 0 Å². The number of aromatic nitrogens is 3. The molecule has 0 saturated carbocycles. The van der Waals surface area contributed by atoms with Gasteiger partial charge in [0.15, 0.2) is 5.65 Å². The van der Waals surface area contributed by atoms with Crippen LogP contribution in [0.15, 0.2) is 18.5 Å². The van der Waals surface area contributed by atoms with Gasteiger partial charge in [-0.1, -0.05) is 20.8 Å². The van der Waals surface area contributed by atoms with E-state index < -0.39 is 0 Å². The van der Waals surface area contributed by atoms with Crippen molar-refractivity contribution < 1.29 is 9.90 Å². The molecule has 2 aromatic heterocycles. The Morgan fingerprint density at radius 1 is 1.28 bits per heavy atom. The Bertz CT molecular complexity index is 756. The SMILES string of the molecule is Cc1ccn2ncc(C(=O)N3CCN(CC(O)C(C)(C)C)CC3)c2n1. The molecule has 1 fully saturated rings. The maximum Gasteiger partial charge on any atom is 0.259 e. The minimum absolute atomic E-state index is 0.0240. The maximum absolute atomic E-state index is 12.8. The maximum atomic E-state index is 12.8. The molecule has 1 N–H and O–H groups in total. The van der Waals surface area contributed by atoms with Gasteiger partial charge >= 0.3 is 0 Å². The fraction of sp³-hybridized carbons (Fsp3) is 0.611. The minimum atomic E-state index is -0.374. The molecule has 1 atom stereocenters. The van der Waals surface area contributed by atoms with Crippen molar-refractivity contribution in [3.8, 4) is 0 Å². The fourth-order valence-electron chi connectivity index (χ4n) is 2.93. The second-order valence-corrected chi connectivity index (χ2v) is 7.87. The Kier molecular flexibility index (Phi) is 4.79. The highest BCUT2D eigenvalue weighted by atomic mass is 16.3. The Hall–Kier alpha value is -1.99. The first-order valence-electron chi connectivity index (χ1n) is 8.76. The normalized spacial score (nSPS) is 17.9. The average molecular weight is 345 g/mol. The van der Waals surface area contributed by atoms with E-state index in [0.29, 0.717) is 30.8 Å². The summed E-state index contributed by atoms with van der Waals surface area (Å²) < 4.78 is 1.64. The summed E-state index contributed by atoms with van der Waals surface area (Å²) in [6.07, 6.45) is 3.04.